The van der Waals surface area contributed by atoms with E-state index in [2.05, 4.69) is 36.1 Å². The molecule has 0 aromatic heterocycles. The first-order valence-electron chi connectivity index (χ1n) is 7.86. The highest BCUT2D eigenvalue weighted by molar-refractivity contribution is 5.28. The van der Waals surface area contributed by atoms with Crippen LogP contribution in [0.15, 0.2) is 24.3 Å². The van der Waals surface area contributed by atoms with Crippen LogP contribution >= 0.6 is 0 Å². The molecule has 20 heavy (non-hydrogen) atoms. The van der Waals surface area contributed by atoms with Crippen LogP contribution in [0.25, 0.3) is 0 Å². The molecule has 0 aliphatic carbocycles. The molecule has 1 aromatic rings. The van der Waals surface area contributed by atoms with E-state index in [-0.39, 0.29) is 12.1 Å². The molecule has 0 saturated carbocycles. The molecule has 3 nitrogen and oxygen atoms in total. The van der Waals surface area contributed by atoms with E-state index in [0.717, 1.165) is 51.7 Å². The standard InChI is InChI=1S/C17H28N2O/c1-2-17(18,14-20)10-5-11-19-12-8-15-6-3-4-7-16(15)9-13-19/h3-4,6-7,20H,2,5,8-14,18H2,1H3. The minimum atomic E-state index is -0.380. The van der Waals surface area contributed by atoms with E-state index >= 15 is 0 Å². The van der Waals surface area contributed by atoms with Crippen molar-refractivity contribution in [3.8, 4) is 0 Å². The highest BCUT2D eigenvalue weighted by Gasteiger charge is 2.21. The number of hydrogen-bond donors (Lipinski definition) is 2. The van der Waals surface area contributed by atoms with Crippen LogP contribution < -0.4 is 5.73 Å². The van der Waals surface area contributed by atoms with E-state index < -0.39 is 0 Å². The van der Waals surface area contributed by atoms with Crippen molar-refractivity contribution in [2.45, 2.75) is 44.6 Å². The lowest BCUT2D eigenvalue weighted by molar-refractivity contribution is 0.172. The average Bonchev–Trinajstić information content (AvgIpc) is 2.70. The van der Waals surface area contributed by atoms with E-state index in [0.29, 0.717) is 0 Å². The van der Waals surface area contributed by atoms with E-state index in [9.17, 15) is 5.11 Å². The van der Waals surface area contributed by atoms with E-state index in [4.69, 9.17) is 5.73 Å². The van der Waals surface area contributed by atoms with Gasteiger partial charge in [-0.2, -0.15) is 0 Å². The number of fused-ring (bicyclic) bond motifs is 1. The number of hydrogen-bond acceptors (Lipinski definition) is 3. The van der Waals surface area contributed by atoms with Gasteiger partial charge in [0.05, 0.1) is 6.61 Å². The van der Waals surface area contributed by atoms with Crippen molar-refractivity contribution in [3.05, 3.63) is 35.4 Å². The maximum absolute atomic E-state index is 9.35. The molecular formula is C17H28N2O. The molecule has 1 atom stereocenters. The summed E-state index contributed by atoms with van der Waals surface area (Å²) >= 11 is 0. The summed E-state index contributed by atoms with van der Waals surface area (Å²) < 4.78 is 0. The zero-order valence-corrected chi connectivity index (χ0v) is 12.6. The lowest BCUT2D eigenvalue weighted by atomic mass is 9.92. The second kappa shape index (κ2) is 7.21. The van der Waals surface area contributed by atoms with Gasteiger partial charge in [0, 0.05) is 18.6 Å². The van der Waals surface area contributed by atoms with Gasteiger partial charge in [-0.1, -0.05) is 31.2 Å². The molecule has 0 saturated heterocycles. The van der Waals surface area contributed by atoms with Gasteiger partial charge in [-0.05, 0) is 49.8 Å². The number of nitrogens with zero attached hydrogens (tertiary/aromatic N) is 1. The van der Waals surface area contributed by atoms with Crippen molar-refractivity contribution in [3.63, 3.8) is 0 Å². The van der Waals surface area contributed by atoms with Crippen LogP contribution in [-0.2, 0) is 12.8 Å². The second-order valence-corrected chi connectivity index (χ2v) is 6.09. The van der Waals surface area contributed by atoms with Gasteiger partial charge in [0.15, 0.2) is 0 Å². The number of rotatable bonds is 6. The molecule has 3 heteroatoms. The largest absolute Gasteiger partial charge is 0.394 e. The van der Waals surface area contributed by atoms with Crippen molar-refractivity contribution < 1.29 is 5.11 Å². The fraction of sp³-hybridized carbons (Fsp3) is 0.647. The third kappa shape index (κ3) is 4.05. The molecule has 112 valence electrons. The van der Waals surface area contributed by atoms with E-state index in [1.807, 2.05) is 0 Å². The summed E-state index contributed by atoms with van der Waals surface area (Å²) in [5.41, 5.74) is 8.78. The Labute approximate surface area is 122 Å². The molecule has 1 unspecified atom stereocenters. The lowest BCUT2D eigenvalue weighted by Crippen LogP contribution is -2.43. The third-order valence-electron chi connectivity index (χ3n) is 4.68. The van der Waals surface area contributed by atoms with Crippen molar-refractivity contribution in [1.29, 1.82) is 0 Å². The quantitative estimate of drug-likeness (QED) is 0.835. The molecule has 0 bridgehead atoms. The summed E-state index contributed by atoms with van der Waals surface area (Å²) in [6.07, 6.45) is 5.12. The maximum atomic E-state index is 9.35. The van der Waals surface area contributed by atoms with Crippen LogP contribution in [-0.4, -0.2) is 41.8 Å². The molecule has 1 aliphatic heterocycles. The Balaban J connectivity index is 1.79. The first kappa shape index (κ1) is 15.5. The zero-order chi connectivity index (χ0) is 14.4. The summed E-state index contributed by atoms with van der Waals surface area (Å²) in [6.45, 7) is 5.51. The van der Waals surface area contributed by atoms with Gasteiger partial charge < -0.3 is 15.7 Å². The Morgan fingerprint density at radius 1 is 1.20 bits per heavy atom. The topological polar surface area (TPSA) is 49.5 Å². The summed E-state index contributed by atoms with van der Waals surface area (Å²) in [5.74, 6) is 0. The molecular weight excluding hydrogens is 248 g/mol. The van der Waals surface area contributed by atoms with Crippen LogP contribution in [0.4, 0.5) is 0 Å². The summed E-state index contributed by atoms with van der Waals surface area (Å²) in [5, 5.41) is 9.35. The van der Waals surface area contributed by atoms with Crippen molar-refractivity contribution >= 4 is 0 Å². The Kier molecular flexibility index (Phi) is 5.58. The number of nitrogens with two attached hydrogens (primary N) is 1. The van der Waals surface area contributed by atoms with Crippen LogP contribution in [0, 0.1) is 0 Å². The molecule has 2 rings (SSSR count). The van der Waals surface area contributed by atoms with Gasteiger partial charge in [0.2, 0.25) is 0 Å². The summed E-state index contributed by atoms with van der Waals surface area (Å²) in [4.78, 5) is 2.54. The van der Waals surface area contributed by atoms with Crippen LogP contribution in [0.1, 0.15) is 37.3 Å². The predicted octanol–water partition coefficient (Wildman–Crippen LogP) is 1.97. The van der Waals surface area contributed by atoms with Crippen molar-refractivity contribution in [2.24, 2.45) is 5.73 Å². The van der Waals surface area contributed by atoms with E-state index in [1.54, 1.807) is 0 Å². The molecule has 1 aromatic carbocycles. The molecule has 3 N–H and O–H groups in total. The molecule has 0 fully saturated rings. The van der Waals surface area contributed by atoms with Crippen LogP contribution in [0.5, 0.6) is 0 Å². The molecule has 1 heterocycles. The SMILES string of the molecule is CCC(N)(CO)CCCN1CCc2ccccc2CC1. The van der Waals surface area contributed by atoms with Crippen molar-refractivity contribution in [2.75, 3.05) is 26.2 Å². The normalized spacial score (nSPS) is 19.1. The van der Waals surface area contributed by atoms with Gasteiger partial charge in [0.25, 0.3) is 0 Å². The molecule has 0 amide bonds. The fourth-order valence-electron chi connectivity index (χ4n) is 2.96. The van der Waals surface area contributed by atoms with Gasteiger partial charge >= 0.3 is 0 Å². The summed E-state index contributed by atoms with van der Waals surface area (Å²) in [6, 6.07) is 8.79. The first-order valence-corrected chi connectivity index (χ1v) is 7.86. The van der Waals surface area contributed by atoms with Crippen molar-refractivity contribution in [1.82, 2.24) is 4.90 Å². The van der Waals surface area contributed by atoms with Gasteiger partial charge in [0.1, 0.15) is 0 Å². The maximum Gasteiger partial charge on any atom is 0.0611 e. The fourth-order valence-corrected chi connectivity index (χ4v) is 2.96. The number of aliphatic hydroxyl groups excluding tert-OH is 1. The zero-order valence-electron chi connectivity index (χ0n) is 12.6. The van der Waals surface area contributed by atoms with Gasteiger partial charge in [-0.15, -0.1) is 0 Å². The third-order valence-corrected chi connectivity index (χ3v) is 4.68. The molecule has 0 spiro atoms. The Hall–Kier alpha value is -0.900. The Morgan fingerprint density at radius 2 is 1.80 bits per heavy atom. The molecule has 1 aliphatic rings. The van der Waals surface area contributed by atoms with Gasteiger partial charge in [-0.3, -0.25) is 0 Å². The monoisotopic (exact) mass is 276 g/mol. The highest BCUT2D eigenvalue weighted by atomic mass is 16.3. The minimum Gasteiger partial charge on any atom is -0.394 e. The number of benzene rings is 1. The minimum absolute atomic E-state index is 0.0922. The molecule has 0 radical (unpaired) electrons. The smallest absolute Gasteiger partial charge is 0.0611 e. The number of aliphatic hydroxyl groups is 1. The van der Waals surface area contributed by atoms with Gasteiger partial charge in [-0.25, -0.2) is 0 Å². The lowest BCUT2D eigenvalue weighted by Gasteiger charge is -2.27. The first-order chi connectivity index (χ1) is 9.67. The summed E-state index contributed by atoms with van der Waals surface area (Å²) in [7, 11) is 0. The van der Waals surface area contributed by atoms with Crippen LogP contribution in [0.3, 0.4) is 0 Å². The predicted molar refractivity (Wildman–Crippen MR) is 83.8 cm³/mol. The average molecular weight is 276 g/mol. The second-order valence-electron chi connectivity index (χ2n) is 6.09. The Bertz CT molecular complexity index is 388. The highest BCUT2D eigenvalue weighted by Crippen LogP contribution is 2.17. The van der Waals surface area contributed by atoms with Crippen LogP contribution in [0.2, 0.25) is 0 Å². The van der Waals surface area contributed by atoms with E-state index in [1.165, 1.54) is 11.1 Å². The Morgan fingerprint density at radius 3 is 2.30 bits per heavy atom.